The maximum Gasteiger partial charge on any atom is 0.169 e. The Balaban J connectivity index is 2.01. The van der Waals surface area contributed by atoms with Crippen LogP contribution in [-0.2, 0) is 6.54 Å². The molecule has 1 unspecified atom stereocenters. The van der Waals surface area contributed by atoms with Crippen LogP contribution in [0.5, 0.6) is 11.5 Å². The number of benzene rings is 2. The highest BCUT2D eigenvalue weighted by Crippen LogP contribution is 2.21. The molecule has 0 bridgehead atoms. The number of ether oxygens (including phenoxy) is 2. The molecule has 0 aromatic heterocycles. The number of methoxy groups -OCH3 is 2. The minimum Gasteiger partial charge on any atom is -0.497 e. The van der Waals surface area contributed by atoms with Crippen LogP contribution in [-0.4, -0.2) is 14.2 Å². The summed E-state index contributed by atoms with van der Waals surface area (Å²) in [5.74, 6) is 0.783. The molecule has 0 aliphatic carbocycles. The second-order valence-corrected chi connectivity index (χ2v) is 4.81. The van der Waals surface area contributed by atoms with Gasteiger partial charge in [0.15, 0.2) is 11.6 Å². The highest BCUT2D eigenvalue weighted by atomic mass is 19.1. The van der Waals surface area contributed by atoms with Gasteiger partial charge in [0.05, 0.1) is 14.2 Å². The number of halogens is 1. The summed E-state index contributed by atoms with van der Waals surface area (Å²) in [5.41, 5.74) is 1.72. The van der Waals surface area contributed by atoms with Crippen LogP contribution in [0.15, 0.2) is 42.5 Å². The summed E-state index contributed by atoms with van der Waals surface area (Å²) in [4.78, 5) is 0. The molecule has 0 saturated heterocycles. The van der Waals surface area contributed by atoms with E-state index in [1.165, 1.54) is 7.11 Å². The maximum absolute atomic E-state index is 14.0. The van der Waals surface area contributed by atoms with Gasteiger partial charge in [-0.1, -0.05) is 24.3 Å². The minimum absolute atomic E-state index is 0.113. The van der Waals surface area contributed by atoms with Gasteiger partial charge in [0.1, 0.15) is 5.75 Å². The lowest BCUT2D eigenvalue weighted by Gasteiger charge is -2.15. The topological polar surface area (TPSA) is 30.5 Å². The molecular formula is C17H20FNO2. The molecule has 0 fully saturated rings. The van der Waals surface area contributed by atoms with Crippen LogP contribution in [0.25, 0.3) is 0 Å². The van der Waals surface area contributed by atoms with Gasteiger partial charge in [-0.25, -0.2) is 4.39 Å². The van der Waals surface area contributed by atoms with Gasteiger partial charge in [-0.05, 0) is 30.7 Å². The Morgan fingerprint density at radius 3 is 2.38 bits per heavy atom. The summed E-state index contributed by atoms with van der Waals surface area (Å²) in [6.45, 7) is 2.48. The fraction of sp³-hybridized carbons (Fsp3) is 0.294. The molecule has 0 saturated carbocycles. The molecule has 2 aromatic rings. The van der Waals surface area contributed by atoms with E-state index in [0.29, 0.717) is 12.1 Å². The summed E-state index contributed by atoms with van der Waals surface area (Å²) in [5, 5.41) is 3.31. The Labute approximate surface area is 124 Å². The lowest BCUT2D eigenvalue weighted by molar-refractivity contribution is 0.382. The van der Waals surface area contributed by atoms with E-state index in [2.05, 4.69) is 5.32 Å². The Kier molecular flexibility index (Phi) is 5.17. The summed E-state index contributed by atoms with van der Waals surface area (Å²) in [6.07, 6.45) is 0. The van der Waals surface area contributed by atoms with Crippen LogP contribution in [0.3, 0.4) is 0 Å². The highest BCUT2D eigenvalue weighted by Gasteiger charge is 2.10. The Bertz CT molecular complexity index is 584. The highest BCUT2D eigenvalue weighted by molar-refractivity contribution is 5.32. The van der Waals surface area contributed by atoms with Crippen LogP contribution in [0, 0.1) is 5.82 Å². The van der Waals surface area contributed by atoms with Gasteiger partial charge in [-0.3, -0.25) is 0 Å². The van der Waals surface area contributed by atoms with Crippen molar-refractivity contribution in [1.82, 2.24) is 5.32 Å². The molecule has 1 atom stereocenters. The molecule has 2 rings (SSSR count). The first-order chi connectivity index (χ1) is 10.2. The average Bonchev–Trinajstić information content (AvgIpc) is 2.53. The van der Waals surface area contributed by atoms with Crippen molar-refractivity contribution in [3.63, 3.8) is 0 Å². The fourth-order valence-electron chi connectivity index (χ4n) is 2.12. The summed E-state index contributed by atoms with van der Waals surface area (Å²) < 4.78 is 24.2. The monoisotopic (exact) mass is 289 g/mol. The van der Waals surface area contributed by atoms with Crippen molar-refractivity contribution in [2.24, 2.45) is 0 Å². The number of nitrogens with one attached hydrogen (secondary N) is 1. The third-order valence-electron chi connectivity index (χ3n) is 3.48. The van der Waals surface area contributed by atoms with Gasteiger partial charge in [-0.2, -0.15) is 0 Å². The summed E-state index contributed by atoms with van der Waals surface area (Å²) in [7, 11) is 3.11. The van der Waals surface area contributed by atoms with E-state index in [1.807, 2.05) is 31.2 Å². The molecule has 3 nitrogen and oxygen atoms in total. The number of hydrogen-bond acceptors (Lipinski definition) is 3. The normalized spacial score (nSPS) is 12.0. The van der Waals surface area contributed by atoms with Crippen molar-refractivity contribution in [3.8, 4) is 11.5 Å². The smallest absolute Gasteiger partial charge is 0.169 e. The second-order valence-electron chi connectivity index (χ2n) is 4.81. The lowest BCUT2D eigenvalue weighted by atomic mass is 10.1. The van der Waals surface area contributed by atoms with Crippen LogP contribution in [0.2, 0.25) is 0 Å². The largest absolute Gasteiger partial charge is 0.497 e. The zero-order chi connectivity index (χ0) is 15.2. The zero-order valence-corrected chi connectivity index (χ0v) is 12.5. The molecule has 0 amide bonds. The molecule has 0 aliphatic heterocycles. The van der Waals surface area contributed by atoms with E-state index in [0.717, 1.165) is 11.3 Å². The van der Waals surface area contributed by atoms with E-state index in [4.69, 9.17) is 9.47 Å². The van der Waals surface area contributed by atoms with E-state index < -0.39 is 0 Å². The predicted octanol–water partition coefficient (Wildman–Crippen LogP) is 3.69. The summed E-state index contributed by atoms with van der Waals surface area (Å²) in [6, 6.07) is 13.1. The maximum atomic E-state index is 14.0. The van der Waals surface area contributed by atoms with Crippen molar-refractivity contribution in [3.05, 3.63) is 59.4 Å². The Hall–Kier alpha value is -2.07. The van der Waals surface area contributed by atoms with E-state index in [9.17, 15) is 4.39 Å². The van der Waals surface area contributed by atoms with Gasteiger partial charge >= 0.3 is 0 Å². The first-order valence-corrected chi connectivity index (χ1v) is 6.84. The molecular weight excluding hydrogens is 269 g/mol. The van der Waals surface area contributed by atoms with Crippen molar-refractivity contribution < 1.29 is 13.9 Å². The van der Waals surface area contributed by atoms with Gasteiger partial charge in [0.2, 0.25) is 0 Å². The fourth-order valence-corrected chi connectivity index (χ4v) is 2.12. The van der Waals surface area contributed by atoms with Crippen molar-refractivity contribution in [2.75, 3.05) is 14.2 Å². The van der Waals surface area contributed by atoms with Crippen LogP contribution < -0.4 is 14.8 Å². The Morgan fingerprint density at radius 2 is 1.76 bits per heavy atom. The first kappa shape index (κ1) is 15.3. The van der Waals surface area contributed by atoms with Crippen molar-refractivity contribution in [2.45, 2.75) is 19.5 Å². The molecule has 0 heterocycles. The van der Waals surface area contributed by atoms with Crippen LogP contribution in [0.1, 0.15) is 24.1 Å². The minimum atomic E-state index is -0.311. The molecule has 0 radical (unpaired) electrons. The molecule has 4 heteroatoms. The predicted molar refractivity (Wildman–Crippen MR) is 81.2 cm³/mol. The van der Waals surface area contributed by atoms with Gasteiger partial charge in [0, 0.05) is 18.2 Å². The third kappa shape index (κ3) is 3.73. The van der Waals surface area contributed by atoms with E-state index in [1.54, 1.807) is 25.3 Å². The molecule has 1 N–H and O–H groups in total. The molecule has 2 aromatic carbocycles. The Morgan fingerprint density at radius 1 is 1.05 bits per heavy atom. The second kappa shape index (κ2) is 7.09. The number of hydrogen-bond donors (Lipinski definition) is 1. The lowest BCUT2D eigenvalue weighted by Crippen LogP contribution is -2.18. The number of rotatable bonds is 6. The van der Waals surface area contributed by atoms with Crippen molar-refractivity contribution in [1.29, 1.82) is 0 Å². The quantitative estimate of drug-likeness (QED) is 0.879. The molecule has 112 valence electrons. The standard InChI is InChI=1S/C17H20FNO2/c1-12(13-7-9-15(20-2)10-8-13)19-11-14-5-4-6-16(21-3)17(14)18/h4-10,12,19H,11H2,1-3H3. The van der Waals surface area contributed by atoms with Crippen molar-refractivity contribution >= 4 is 0 Å². The van der Waals surface area contributed by atoms with Crippen LogP contribution in [0.4, 0.5) is 4.39 Å². The third-order valence-corrected chi connectivity index (χ3v) is 3.48. The zero-order valence-electron chi connectivity index (χ0n) is 12.5. The van der Waals surface area contributed by atoms with Gasteiger partial charge < -0.3 is 14.8 Å². The van der Waals surface area contributed by atoms with Gasteiger partial charge in [0.25, 0.3) is 0 Å². The van der Waals surface area contributed by atoms with E-state index in [-0.39, 0.29) is 17.6 Å². The summed E-state index contributed by atoms with van der Waals surface area (Å²) >= 11 is 0. The first-order valence-electron chi connectivity index (χ1n) is 6.84. The molecule has 0 aliphatic rings. The average molecular weight is 289 g/mol. The SMILES string of the molecule is COc1ccc(C(C)NCc2cccc(OC)c2F)cc1. The molecule has 21 heavy (non-hydrogen) atoms. The van der Waals surface area contributed by atoms with Crippen LogP contribution >= 0.6 is 0 Å². The molecule has 0 spiro atoms. The van der Waals surface area contributed by atoms with Gasteiger partial charge in [-0.15, -0.1) is 0 Å². The van der Waals surface area contributed by atoms with E-state index >= 15 is 0 Å².